The molecule has 2 heteroatoms. The highest BCUT2D eigenvalue weighted by molar-refractivity contribution is 6.08. The lowest BCUT2D eigenvalue weighted by Gasteiger charge is -2.11. The van der Waals surface area contributed by atoms with Crippen LogP contribution in [0, 0.1) is 0 Å². The van der Waals surface area contributed by atoms with Gasteiger partial charge in [-0.3, -0.25) is 0 Å². The van der Waals surface area contributed by atoms with Crippen LogP contribution in [-0.4, -0.2) is 10.9 Å². The average Bonchev–Trinajstić information content (AvgIpc) is 2.73. The SMILES string of the molecule is CC(C)n1c2ccccc2c2cc(CC=O)ccc21. The van der Waals surface area contributed by atoms with Crippen molar-refractivity contribution >= 4 is 28.1 Å². The molecule has 1 aromatic heterocycles. The number of aromatic nitrogens is 1. The van der Waals surface area contributed by atoms with Crippen LogP contribution in [0.4, 0.5) is 0 Å². The van der Waals surface area contributed by atoms with Gasteiger partial charge in [0.1, 0.15) is 6.29 Å². The maximum atomic E-state index is 10.7. The lowest BCUT2D eigenvalue weighted by atomic mass is 10.1. The van der Waals surface area contributed by atoms with Crippen molar-refractivity contribution in [2.75, 3.05) is 0 Å². The van der Waals surface area contributed by atoms with Crippen LogP contribution in [0.1, 0.15) is 25.5 Å². The van der Waals surface area contributed by atoms with Gasteiger partial charge >= 0.3 is 0 Å². The number of hydrogen-bond acceptors (Lipinski definition) is 1. The Morgan fingerprint density at radius 1 is 1.05 bits per heavy atom. The standard InChI is InChI=1S/C17H17NO/c1-12(2)18-16-6-4-3-5-14(16)15-11-13(9-10-19)7-8-17(15)18/h3-8,10-12H,9H2,1-2H3. The van der Waals surface area contributed by atoms with Crippen molar-refractivity contribution < 1.29 is 4.79 Å². The number of hydrogen-bond donors (Lipinski definition) is 0. The summed E-state index contributed by atoms with van der Waals surface area (Å²) < 4.78 is 2.36. The first kappa shape index (κ1) is 12.0. The molecule has 1 heterocycles. The minimum atomic E-state index is 0.416. The van der Waals surface area contributed by atoms with E-state index < -0.39 is 0 Å². The van der Waals surface area contributed by atoms with E-state index in [1.54, 1.807) is 0 Å². The van der Waals surface area contributed by atoms with Gasteiger partial charge in [0.25, 0.3) is 0 Å². The number of rotatable bonds is 3. The summed E-state index contributed by atoms with van der Waals surface area (Å²) in [6.07, 6.45) is 1.44. The Morgan fingerprint density at radius 2 is 1.79 bits per heavy atom. The third-order valence-electron chi connectivity index (χ3n) is 3.61. The van der Waals surface area contributed by atoms with Gasteiger partial charge in [-0.15, -0.1) is 0 Å². The fourth-order valence-corrected chi connectivity index (χ4v) is 2.83. The van der Waals surface area contributed by atoms with E-state index >= 15 is 0 Å². The molecule has 0 saturated heterocycles. The van der Waals surface area contributed by atoms with E-state index in [1.165, 1.54) is 21.8 Å². The molecule has 0 fully saturated rings. The molecule has 19 heavy (non-hydrogen) atoms. The fraction of sp³-hybridized carbons (Fsp3) is 0.235. The van der Waals surface area contributed by atoms with Crippen molar-refractivity contribution in [3.05, 3.63) is 48.0 Å². The van der Waals surface area contributed by atoms with E-state index in [4.69, 9.17) is 0 Å². The molecule has 3 aromatic rings. The zero-order chi connectivity index (χ0) is 13.4. The maximum absolute atomic E-state index is 10.7. The third-order valence-corrected chi connectivity index (χ3v) is 3.61. The number of carbonyl (C=O) groups excluding carboxylic acids is 1. The number of aldehydes is 1. The van der Waals surface area contributed by atoms with Gasteiger partial charge in [-0.1, -0.05) is 24.3 Å². The first-order chi connectivity index (χ1) is 9.22. The molecular formula is C17H17NO. The van der Waals surface area contributed by atoms with Crippen LogP contribution in [0.15, 0.2) is 42.5 Å². The molecule has 2 aromatic carbocycles. The Morgan fingerprint density at radius 3 is 2.53 bits per heavy atom. The van der Waals surface area contributed by atoms with E-state index in [0.29, 0.717) is 12.5 Å². The summed E-state index contributed by atoms with van der Waals surface area (Å²) in [6.45, 7) is 4.40. The van der Waals surface area contributed by atoms with Crippen LogP contribution in [0.3, 0.4) is 0 Å². The van der Waals surface area contributed by atoms with E-state index in [0.717, 1.165) is 11.8 Å². The van der Waals surface area contributed by atoms with Crippen molar-refractivity contribution in [1.29, 1.82) is 0 Å². The van der Waals surface area contributed by atoms with Gasteiger partial charge in [-0.2, -0.15) is 0 Å². The molecule has 0 aliphatic rings. The second-order valence-electron chi connectivity index (χ2n) is 5.20. The Bertz CT molecular complexity index is 752. The summed E-state index contributed by atoms with van der Waals surface area (Å²) in [5, 5.41) is 2.50. The number of carbonyl (C=O) groups is 1. The van der Waals surface area contributed by atoms with Crippen LogP contribution in [0.5, 0.6) is 0 Å². The molecule has 0 amide bonds. The number of para-hydroxylation sites is 1. The predicted octanol–water partition coefficient (Wildman–Crippen LogP) is 4.12. The van der Waals surface area contributed by atoms with Crippen molar-refractivity contribution in [2.45, 2.75) is 26.3 Å². The van der Waals surface area contributed by atoms with Gasteiger partial charge in [0.05, 0.1) is 0 Å². The lowest BCUT2D eigenvalue weighted by molar-refractivity contribution is -0.107. The van der Waals surface area contributed by atoms with Gasteiger partial charge in [0.15, 0.2) is 0 Å². The van der Waals surface area contributed by atoms with Crippen LogP contribution in [-0.2, 0) is 11.2 Å². The van der Waals surface area contributed by atoms with Crippen LogP contribution >= 0.6 is 0 Å². The van der Waals surface area contributed by atoms with Crippen LogP contribution < -0.4 is 0 Å². The van der Waals surface area contributed by atoms with Gasteiger partial charge in [0.2, 0.25) is 0 Å². The monoisotopic (exact) mass is 251 g/mol. The lowest BCUT2D eigenvalue weighted by Crippen LogP contribution is -1.99. The first-order valence-electron chi connectivity index (χ1n) is 6.67. The molecule has 0 unspecified atom stereocenters. The summed E-state index contributed by atoms with van der Waals surface area (Å²) in [7, 11) is 0. The number of benzene rings is 2. The molecule has 0 radical (unpaired) electrons. The fourth-order valence-electron chi connectivity index (χ4n) is 2.83. The molecule has 0 aliphatic carbocycles. The Hall–Kier alpha value is -2.09. The molecule has 0 saturated carbocycles. The predicted molar refractivity (Wildman–Crippen MR) is 79.6 cm³/mol. The van der Waals surface area contributed by atoms with E-state index in [2.05, 4.69) is 60.9 Å². The molecule has 0 spiro atoms. The zero-order valence-corrected chi connectivity index (χ0v) is 11.3. The van der Waals surface area contributed by atoms with Gasteiger partial charge in [-0.25, -0.2) is 0 Å². The smallest absolute Gasteiger partial charge is 0.124 e. The van der Waals surface area contributed by atoms with Crippen molar-refractivity contribution in [3.63, 3.8) is 0 Å². The molecule has 3 rings (SSSR count). The molecule has 0 aliphatic heterocycles. The minimum Gasteiger partial charge on any atom is -0.338 e. The second kappa shape index (κ2) is 4.54. The quantitative estimate of drug-likeness (QED) is 0.642. The first-order valence-corrected chi connectivity index (χ1v) is 6.67. The topological polar surface area (TPSA) is 22.0 Å². The summed E-state index contributed by atoms with van der Waals surface area (Å²) in [6, 6.07) is 15.2. The van der Waals surface area contributed by atoms with E-state index in [9.17, 15) is 4.79 Å². The molecule has 2 nitrogen and oxygen atoms in total. The Kier molecular flexibility index (Phi) is 2.86. The molecule has 0 bridgehead atoms. The normalized spacial score (nSPS) is 11.5. The van der Waals surface area contributed by atoms with Crippen LogP contribution in [0.25, 0.3) is 21.8 Å². The van der Waals surface area contributed by atoms with Crippen molar-refractivity contribution in [3.8, 4) is 0 Å². The molecule has 0 atom stereocenters. The average molecular weight is 251 g/mol. The highest BCUT2D eigenvalue weighted by Gasteiger charge is 2.12. The summed E-state index contributed by atoms with van der Waals surface area (Å²) in [5.74, 6) is 0. The highest BCUT2D eigenvalue weighted by atomic mass is 16.1. The largest absolute Gasteiger partial charge is 0.338 e. The number of fused-ring (bicyclic) bond motifs is 3. The zero-order valence-electron chi connectivity index (χ0n) is 11.3. The van der Waals surface area contributed by atoms with Gasteiger partial charge in [0, 0.05) is 34.3 Å². The molecule has 96 valence electrons. The van der Waals surface area contributed by atoms with Gasteiger partial charge in [-0.05, 0) is 37.6 Å². The van der Waals surface area contributed by atoms with E-state index in [-0.39, 0.29) is 0 Å². The minimum absolute atomic E-state index is 0.416. The maximum Gasteiger partial charge on any atom is 0.124 e. The van der Waals surface area contributed by atoms with Gasteiger partial charge < -0.3 is 9.36 Å². The highest BCUT2D eigenvalue weighted by Crippen LogP contribution is 2.32. The molecular weight excluding hydrogens is 234 g/mol. The molecule has 0 N–H and O–H groups in total. The Balaban J connectivity index is 2.41. The summed E-state index contributed by atoms with van der Waals surface area (Å²) in [5.41, 5.74) is 3.58. The second-order valence-corrected chi connectivity index (χ2v) is 5.20. The van der Waals surface area contributed by atoms with Crippen molar-refractivity contribution in [1.82, 2.24) is 4.57 Å². The summed E-state index contributed by atoms with van der Waals surface area (Å²) >= 11 is 0. The van der Waals surface area contributed by atoms with Crippen molar-refractivity contribution in [2.24, 2.45) is 0 Å². The van der Waals surface area contributed by atoms with E-state index in [1.807, 2.05) is 0 Å². The summed E-state index contributed by atoms with van der Waals surface area (Å²) in [4.78, 5) is 10.7. The Labute approximate surface area is 112 Å². The third kappa shape index (κ3) is 1.84. The number of nitrogens with zero attached hydrogens (tertiary/aromatic N) is 1. The van der Waals surface area contributed by atoms with Crippen LogP contribution in [0.2, 0.25) is 0 Å².